The Hall–Kier alpha value is -0.570. The number of nitrogens with one attached hydrogen (secondary N) is 1. The standard InChI is InChI=1S/C10H19NO2/c1-8(2)10(12)11-6-9-4-3-5-13-7-9/h8-9H,3-7H2,1-2H3,(H,11,12). The molecule has 76 valence electrons. The summed E-state index contributed by atoms with van der Waals surface area (Å²) in [7, 11) is 0. The van der Waals surface area contributed by atoms with E-state index in [4.69, 9.17) is 4.74 Å². The number of hydrogen-bond donors (Lipinski definition) is 1. The molecule has 1 rings (SSSR count). The van der Waals surface area contributed by atoms with E-state index in [1.165, 1.54) is 6.42 Å². The van der Waals surface area contributed by atoms with E-state index in [9.17, 15) is 4.79 Å². The van der Waals surface area contributed by atoms with Crippen molar-refractivity contribution in [3.63, 3.8) is 0 Å². The predicted octanol–water partition coefficient (Wildman–Crippen LogP) is 1.19. The molecule has 0 aromatic heterocycles. The Kier molecular flexibility index (Phi) is 4.22. The molecule has 1 amide bonds. The zero-order chi connectivity index (χ0) is 9.68. The van der Waals surface area contributed by atoms with Gasteiger partial charge in [0.1, 0.15) is 0 Å². The van der Waals surface area contributed by atoms with Crippen molar-refractivity contribution in [3.05, 3.63) is 0 Å². The van der Waals surface area contributed by atoms with Gasteiger partial charge in [-0.25, -0.2) is 0 Å². The van der Waals surface area contributed by atoms with Crippen LogP contribution in [0.1, 0.15) is 26.7 Å². The lowest BCUT2D eigenvalue weighted by atomic mass is 10.0. The lowest BCUT2D eigenvalue weighted by Gasteiger charge is -2.22. The number of carbonyl (C=O) groups is 1. The summed E-state index contributed by atoms with van der Waals surface area (Å²) in [6.07, 6.45) is 2.31. The van der Waals surface area contributed by atoms with Gasteiger partial charge in [0.15, 0.2) is 0 Å². The molecule has 1 saturated heterocycles. The maximum absolute atomic E-state index is 11.2. The van der Waals surface area contributed by atoms with Gasteiger partial charge in [-0.15, -0.1) is 0 Å². The fourth-order valence-electron chi connectivity index (χ4n) is 1.42. The summed E-state index contributed by atoms with van der Waals surface area (Å²) >= 11 is 0. The van der Waals surface area contributed by atoms with Crippen LogP contribution >= 0.6 is 0 Å². The van der Waals surface area contributed by atoms with Crippen LogP contribution in [0.4, 0.5) is 0 Å². The molecule has 1 aliphatic heterocycles. The molecule has 1 atom stereocenters. The summed E-state index contributed by atoms with van der Waals surface area (Å²) < 4.78 is 5.32. The molecule has 1 heterocycles. The third kappa shape index (κ3) is 3.77. The van der Waals surface area contributed by atoms with Gasteiger partial charge in [0.25, 0.3) is 0 Å². The SMILES string of the molecule is CC(C)C(=O)NCC1CCCOC1. The van der Waals surface area contributed by atoms with Crippen molar-refractivity contribution in [1.29, 1.82) is 0 Å². The number of carbonyl (C=O) groups excluding carboxylic acids is 1. The molecule has 13 heavy (non-hydrogen) atoms. The van der Waals surface area contributed by atoms with Crippen LogP contribution in [0.25, 0.3) is 0 Å². The average Bonchev–Trinajstić information content (AvgIpc) is 2.15. The summed E-state index contributed by atoms with van der Waals surface area (Å²) in [5.41, 5.74) is 0. The van der Waals surface area contributed by atoms with Crippen molar-refractivity contribution in [3.8, 4) is 0 Å². The quantitative estimate of drug-likeness (QED) is 0.717. The molecule has 0 radical (unpaired) electrons. The van der Waals surface area contributed by atoms with E-state index in [-0.39, 0.29) is 11.8 Å². The number of ether oxygens (including phenoxy) is 1. The summed E-state index contributed by atoms with van der Waals surface area (Å²) in [5, 5.41) is 2.93. The maximum atomic E-state index is 11.2. The maximum Gasteiger partial charge on any atom is 0.222 e. The Morgan fingerprint density at radius 1 is 1.62 bits per heavy atom. The van der Waals surface area contributed by atoms with E-state index >= 15 is 0 Å². The zero-order valence-electron chi connectivity index (χ0n) is 8.51. The van der Waals surface area contributed by atoms with Crippen molar-refractivity contribution in [2.45, 2.75) is 26.7 Å². The van der Waals surface area contributed by atoms with Gasteiger partial charge in [-0.2, -0.15) is 0 Å². The summed E-state index contributed by atoms with van der Waals surface area (Å²) in [6, 6.07) is 0. The van der Waals surface area contributed by atoms with Gasteiger partial charge in [0.2, 0.25) is 5.91 Å². The topological polar surface area (TPSA) is 38.3 Å². The summed E-state index contributed by atoms with van der Waals surface area (Å²) in [5.74, 6) is 0.756. The molecule has 3 heteroatoms. The highest BCUT2D eigenvalue weighted by Crippen LogP contribution is 2.12. The molecule has 0 aromatic carbocycles. The minimum absolute atomic E-state index is 0.0875. The van der Waals surface area contributed by atoms with Gasteiger partial charge in [0, 0.05) is 19.1 Å². The molecule has 1 aliphatic rings. The van der Waals surface area contributed by atoms with Crippen LogP contribution in [0.15, 0.2) is 0 Å². The summed E-state index contributed by atoms with van der Waals surface area (Å²) in [6.45, 7) is 6.28. The Bertz CT molecular complexity index is 162. The van der Waals surface area contributed by atoms with Gasteiger partial charge < -0.3 is 10.1 Å². The van der Waals surface area contributed by atoms with E-state index in [1.54, 1.807) is 0 Å². The molecule has 1 fully saturated rings. The number of rotatable bonds is 3. The van der Waals surface area contributed by atoms with Crippen molar-refractivity contribution in [2.24, 2.45) is 11.8 Å². The molecule has 0 saturated carbocycles. The van der Waals surface area contributed by atoms with E-state index < -0.39 is 0 Å². The first-order chi connectivity index (χ1) is 6.20. The third-order valence-corrected chi connectivity index (χ3v) is 2.34. The lowest BCUT2D eigenvalue weighted by molar-refractivity contribution is -0.124. The average molecular weight is 185 g/mol. The van der Waals surface area contributed by atoms with Gasteiger partial charge >= 0.3 is 0 Å². The minimum atomic E-state index is 0.0875. The van der Waals surface area contributed by atoms with Crippen LogP contribution in [0.3, 0.4) is 0 Å². The van der Waals surface area contributed by atoms with Gasteiger partial charge in [-0.3, -0.25) is 4.79 Å². The molecule has 0 bridgehead atoms. The smallest absolute Gasteiger partial charge is 0.222 e. The van der Waals surface area contributed by atoms with E-state index in [0.29, 0.717) is 5.92 Å². The molecular weight excluding hydrogens is 166 g/mol. The molecule has 1 unspecified atom stereocenters. The second kappa shape index (κ2) is 5.22. The van der Waals surface area contributed by atoms with Crippen LogP contribution in [0.5, 0.6) is 0 Å². The van der Waals surface area contributed by atoms with Crippen molar-refractivity contribution < 1.29 is 9.53 Å². The van der Waals surface area contributed by atoms with Gasteiger partial charge in [-0.1, -0.05) is 13.8 Å². The first-order valence-corrected chi connectivity index (χ1v) is 5.05. The van der Waals surface area contributed by atoms with Crippen molar-refractivity contribution in [2.75, 3.05) is 19.8 Å². The van der Waals surface area contributed by atoms with E-state index in [2.05, 4.69) is 5.32 Å². The number of hydrogen-bond acceptors (Lipinski definition) is 2. The minimum Gasteiger partial charge on any atom is -0.381 e. The second-order valence-electron chi connectivity index (χ2n) is 3.98. The Morgan fingerprint density at radius 3 is 2.92 bits per heavy atom. The normalized spacial score (nSPS) is 23.2. The van der Waals surface area contributed by atoms with E-state index in [0.717, 1.165) is 26.2 Å². The second-order valence-corrected chi connectivity index (χ2v) is 3.98. The Labute approximate surface area is 79.8 Å². The van der Waals surface area contributed by atoms with Crippen LogP contribution < -0.4 is 5.32 Å². The van der Waals surface area contributed by atoms with Crippen LogP contribution in [0, 0.1) is 11.8 Å². The van der Waals surface area contributed by atoms with Crippen LogP contribution in [-0.4, -0.2) is 25.7 Å². The summed E-state index contributed by atoms with van der Waals surface area (Å²) in [4.78, 5) is 11.2. The molecule has 3 nitrogen and oxygen atoms in total. The first-order valence-electron chi connectivity index (χ1n) is 5.05. The molecule has 1 N–H and O–H groups in total. The molecule has 0 aromatic rings. The molecule has 0 spiro atoms. The highest BCUT2D eigenvalue weighted by Gasteiger charge is 2.15. The Morgan fingerprint density at radius 2 is 2.38 bits per heavy atom. The largest absolute Gasteiger partial charge is 0.381 e. The monoisotopic (exact) mass is 185 g/mol. The van der Waals surface area contributed by atoms with Crippen molar-refractivity contribution in [1.82, 2.24) is 5.32 Å². The molecule has 0 aliphatic carbocycles. The molecular formula is C10H19NO2. The first kappa shape index (κ1) is 10.5. The van der Waals surface area contributed by atoms with Crippen molar-refractivity contribution >= 4 is 5.91 Å². The lowest BCUT2D eigenvalue weighted by Crippen LogP contribution is -2.35. The van der Waals surface area contributed by atoms with Gasteiger partial charge in [0.05, 0.1) is 6.61 Å². The number of amides is 1. The fraction of sp³-hybridized carbons (Fsp3) is 0.900. The Balaban J connectivity index is 2.13. The van der Waals surface area contributed by atoms with Gasteiger partial charge in [-0.05, 0) is 18.8 Å². The zero-order valence-corrected chi connectivity index (χ0v) is 8.51. The fourth-order valence-corrected chi connectivity index (χ4v) is 1.42. The highest BCUT2D eigenvalue weighted by atomic mass is 16.5. The highest BCUT2D eigenvalue weighted by molar-refractivity contribution is 5.77. The third-order valence-electron chi connectivity index (χ3n) is 2.34. The van der Waals surface area contributed by atoms with E-state index in [1.807, 2.05) is 13.8 Å². The van der Waals surface area contributed by atoms with Crippen LogP contribution in [-0.2, 0) is 9.53 Å². The van der Waals surface area contributed by atoms with Crippen LogP contribution in [0.2, 0.25) is 0 Å². The predicted molar refractivity (Wildman–Crippen MR) is 51.4 cm³/mol.